The fourth-order valence-electron chi connectivity index (χ4n) is 5.89. The molecule has 1 heterocycles. The average molecular weight is 897 g/mol. The van der Waals surface area contributed by atoms with Crippen LogP contribution in [0.1, 0.15) is 43.5 Å². The van der Waals surface area contributed by atoms with Crippen molar-refractivity contribution in [2.75, 3.05) is 18.1 Å². The number of nitrogens with zero attached hydrogens (tertiary/aromatic N) is 1. The van der Waals surface area contributed by atoms with E-state index in [2.05, 4.69) is 72.4 Å². The number of H-pyrrole nitrogens is 1. The summed E-state index contributed by atoms with van der Waals surface area (Å²) < 4.78 is 0. The summed E-state index contributed by atoms with van der Waals surface area (Å²) in [7, 11) is 0. The molecule has 0 saturated carbocycles. The van der Waals surface area contributed by atoms with Crippen LogP contribution in [0.2, 0.25) is 0 Å². The van der Waals surface area contributed by atoms with E-state index >= 15 is 0 Å². The maximum absolute atomic E-state index is 14.3. The standard InChI is InChI=1S/C40H56N12O8S2/c1-40(2,52-32(53)26(41)20-61)38(60)51-30(18-25-19-44-22-46-25)36(57)49-28(16-23-10-5-3-6-11-23)34(55)47-27(14-9-15-45-39(42)43)33(54)48-29(17-24-12-7-4-8-13-24)35(56)50-31(21-62)37(58)59/h3-8,10-13,19,22,26-31,61-62H,9,14-18,20-21,41H2,1-2H3,(H,44,46)(H,47,55)(H,48,54)(H,49,57)(H,50,56)(H,51,60)(H,52,53)(H,58,59)(H4,42,43,45)/t26-,27-,28+,29-,30-,31-/m0/s1. The van der Waals surface area contributed by atoms with Gasteiger partial charge < -0.3 is 58.8 Å². The van der Waals surface area contributed by atoms with Gasteiger partial charge in [0.2, 0.25) is 35.4 Å². The predicted octanol–water partition coefficient (Wildman–Crippen LogP) is -1.71. The third-order valence-corrected chi connectivity index (χ3v) is 10.1. The molecule has 0 aliphatic carbocycles. The number of benzene rings is 2. The molecule has 3 aromatic rings. The Hall–Kier alpha value is -6.13. The second-order valence-corrected chi connectivity index (χ2v) is 15.6. The number of imidazole rings is 1. The van der Waals surface area contributed by atoms with Crippen LogP contribution in [0.25, 0.3) is 0 Å². The number of rotatable bonds is 25. The molecular formula is C40H56N12O8S2. The molecule has 336 valence electrons. The largest absolute Gasteiger partial charge is 0.480 e. The monoisotopic (exact) mass is 896 g/mol. The van der Waals surface area contributed by atoms with Crippen molar-refractivity contribution in [3.8, 4) is 0 Å². The van der Waals surface area contributed by atoms with E-state index in [0.717, 1.165) is 0 Å². The number of thiol groups is 2. The van der Waals surface area contributed by atoms with Crippen LogP contribution < -0.4 is 48.7 Å². The Kier molecular flexibility index (Phi) is 20.2. The van der Waals surface area contributed by atoms with Gasteiger partial charge in [-0.2, -0.15) is 25.3 Å². The Morgan fingerprint density at radius 2 is 1.21 bits per heavy atom. The highest BCUT2D eigenvalue weighted by Crippen LogP contribution is 2.11. The van der Waals surface area contributed by atoms with Crippen LogP contribution >= 0.6 is 25.3 Å². The molecule has 0 fully saturated rings. The molecule has 6 amide bonds. The van der Waals surface area contributed by atoms with Crippen molar-refractivity contribution in [3.63, 3.8) is 0 Å². The van der Waals surface area contributed by atoms with Crippen molar-refractivity contribution in [3.05, 3.63) is 90.0 Å². The summed E-state index contributed by atoms with van der Waals surface area (Å²) in [6, 6.07) is 9.72. The number of carbonyl (C=O) groups is 7. The molecule has 0 aliphatic heterocycles. The molecule has 0 spiro atoms. The minimum absolute atomic E-state index is 0.0175. The molecular weight excluding hydrogens is 841 g/mol. The van der Waals surface area contributed by atoms with Gasteiger partial charge in [-0.15, -0.1) is 0 Å². The van der Waals surface area contributed by atoms with Crippen LogP contribution in [-0.4, -0.2) is 122 Å². The molecule has 0 bridgehead atoms. The first kappa shape index (κ1) is 50.2. The van der Waals surface area contributed by atoms with Crippen molar-refractivity contribution in [1.29, 1.82) is 5.41 Å². The van der Waals surface area contributed by atoms with Gasteiger partial charge in [0.05, 0.1) is 18.1 Å². The van der Waals surface area contributed by atoms with Crippen LogP contribution in [-0.2, 0) is 52.8 Å². The number of nitrogens with one attached hydrogen (secondary N) is 9. The van der Waals surface area contributed by atoms with Gasteiger partial charge in [-0.3, -0.25) is 34.2 Å². The van der Waals surface area contributed by atoms with Gasteiger partial charge in [-0.25, -0.2) is 9.78 Å². The smallest absolute Gasteiger partial charge is 0.327 e. The Morgan fingerprint density at radius 3 is 1.66 bits per heavy atom. The lowest BCUT2D eigenvalue weighted by Crippen LogP contribution is -2.63. The van der Waals surface area contributed by atoms with Crippen LogP contribution in [0.15, 0.2) is 73.2 Å². The van der Waals surface area contributed by atoms with Gasteiger partial charge in [0.25, 0.3) is 0 Å². The molecule has 0 saturated heterocycles. The molecule has 0 unspecified atom stereocenters. The van der Waals surface area contributed by atoms with Crippen LogP contribution in [0.4, 0.5) is 0 Å². The summed E-state index contributed by atoms with van der Waals surface area (Å²) in [6.07, 6.45) is 2.84. The zero-order valence-corrected chi connectivity index (χ0v) is 36.1. The Morgan fingerprint density at radius 1 is 0.726 bits per heavy atom. The summed E-state index contributed by atoms with van der Waals surface area (Å²) in [5.74, 6) is -6.45. The number of amides is 6. The van der Waals surface area contributed by atoms with Gasteiger partial charge in [-0.05, 0) is 37.8 Å². The number of carboxylic acid groups (broad SMARTS) is 1. The van der Waals surface area contributed by atoms with E-state index in [1.54, 1.807) is 60.7 Å². The quantitative estimate of drug-likeness (QED) is 0.0196. The lowest BCUT2D eigenvalue weighted by Gasteiger charge is -2.30. The Labute approximate surface area is 370 Å². The Bertz CT molecular complexity index is 1980. The number of hydrogen-bond donors (Lipinski definition) is 14. The van der Waals surface area contributed by atoms with E-state index in [4.69, 9.17) is 16.9 Å². The zero-order valence-electron chi connectivity index (χ0n) is 34.4. The van der Waals surface area contributed by atoms with Crippen molar-refractivity contribution >= 4 is 72.6 Å². The highest BCUT2D eigenvalue weighted by Gasteiger charge is 2.36. The molecule has 0 radical (unpaired) electrons. The molecule has 3 rings (SSSR count). The van der Waals surface area contributed by atoms with Crippen molar-refractivity contribution in [1.82, 2.24) is 47.2 Å². The maximum atomic E-state index is 14.3. The number of guanidine groups is 1. The van der Waals surface area contributed by atoms with E-state index in [9.17, 15) is 38.7 Å². The highest BCUT2D eigenvalue weighted by molar-refractivity contribution is 7.80. The van der Waals surface area contributed by atoms with Gasteiger partial charge in [0, 0.05) is 43.5 Å². The number of nitrogens with two attached hydrogens (primary N) is 2. The van der Waals surface area contributed by atoms with Gasteiger partial charge in [0.1, 0.15) is 35.7 Å². The van der Waals surface area contributed by atoms with Crippen molar-refractivity contribution in [2.24, 2.45) is 11.5 Å². The molecule has 1 aromatic heterocycles. The van der Waals surface area contributed by atoms with Crippen molar-refractivity contribution < 1.29 is 38.7 Å². The second kappa shape index (κ2) is 25.0. The Balaban J connectivity index is 1.95. The molecule has 14 N–H and O–H groups in total. The van der Waals surface area contributed by atoms with E-state index in [1.165, 1.54) is 26.4 Å². The maximum Gasteiger partial charge on any atom is 0.327 e. The molecule has 22 heteroatoms. The fourth-order valence-corrected chi connectivity index (χ4v) is 6.30. The van der Waals surface area contributed by atoms with Gasteiger partial charge >= 0.3 is 5.97 Å². The number of hydrogen-bond acceptors (Lipinski definition) is 12. The van der Waals surface area contributed by atoms with Gasteiger partial charge in [0.15, 0.2) is 5.96 Å². The predicted molar refractivity (Wildman–Crippen MR) is 237 cm³/mol. The molecule has 20 nitrogen and oxygen atoms in total. The zero-order chi connectivity index (χ0) is 45.8. The highest BCUT2D eigenvalue weighted by atomic mass is 32.1. The number of carbonyl (C=O) groups excluding carboxylic acids is 6. The summed E-state index contributed by atoms with van der Waals surface area (Å²) in [6.45, 7) is 2.99. The third-order valence-electron chi connectivity index (χ3n) is 9.37. The van der Waals surface area contributed by atoms with E-state index in [1.807, 2.05) is 0 Å². The summed E-state index contributed by atoms with van der Waals surface area (Å²) in [4.78, 5) is 101. The minimum atomic E-state index is -1.54. The SMILES string of the molecule is CC(C)(NC(=O)[C@@H](N)CS)C(=O)N[C@@H](Cc1c[nH]cn1)C(=O)N[C@H](Cc1ccccc1)C(=O)N[C@@H](CCCNC(=N)N)C(=O)N[C@@H](Cc1ccccc1)C(=O)N[C@@H](CS)C(=O)O. The van der Waals surface area contributed by atoms with Crippen LogP contribution in [0.3, 0.4) is 0 Å². The molecule has 2 aromatic carbocycles. The number of aromatic amines is 1. The number of aromatic nitrogens is 2. The molecule has 0 aliphatic rings. The first-order valence-electron chi connectivity index (χ1n) is 19.6. The molecule has 62 heavy (non-hydrogen) atoms. The van der Waals surface area contributed by atoms with Crippen LogP contribution in [0.5, 0.6) is 0 Å². The summed E-state index contributed by atoms with van der Waals surface area (Å²) >= 11 is 8.06. The summed E-state index contributed by atoms with van der Waals surface area (Å²) in [5, 5.41) is 35.4. The van der Waals surface area contributed by atoms with E-state index < -0.39 is 83.2 Å². The van der Waals surface area contributed by atoms with Crippen molar-refractivity contribution in [2.45, 2.75) is 87.7 Å². The number of carboxylic acids is 1. The third kappa shape index (κ3) is 16.7. The van der Waals surface area contributed by atoms with Gasteiger partial charge in [-0.1, -0.05) is 60.7 Å². The van der Waals surface area contributed by atoms with E-state index in [-0.39, 0.29) is 56.1 Å². The average Bonchev–Trinajstić information content (AvgIpc) is 3.76. The first-order valence-corrected chi connectivity index (χ1v) is 20.9. The molecule has 6 atom stereocenters. The normalized spacial score (nSPS) is 14.0. The lowest BCUT2D eigenvalue weighted by molar-refractivity contribution is -0.141. The van der Waals surface area contributed by atoms with Crippen LogP contribution in [0, 0.1) is 5.41 Å². The topological polar surface area (TPSA) is 328 Å². The summed E-state index contributed by atoms with van der Waals surface area (Å²) in [5.41, 5.74) is 11.4. The second-order valence-electron chi connectivity index (χ2n) is 14.8. The first-order chi connectivity index (χ1) is 29.4. The minimum Gasteiger partial charge on any atom is -0.480 e. The fraction of sp³-hybridized carbons (Fsp3) is 0.425. The lowest BCUT2D eigenvalue weighted by atomic mass is 10.0. The van der Waals surface area contributed by atoms with E-state index in [0.29, 0.717) is 16.8 Å². The number of aliphatic carboxylic acids is 1.